The largest absolute Gasteiger partial charge is 0.493 e. The van der Waals surface area contributed by atoms with E-state index in [-0.39, 0.29) is 5.82 Å². The number of nitrogens with zero attached hydrogens (tertiary/aromatic N) is 4. The van der Waals surface area contributed by atoms with E-state index in [1.165, 1.54) is 5.56 Å². The van der Waals surface area contributed by atoms with Gasteiger partial charge < -0.3 is 20.4 Å². The number of nitrogens with two attached hydrogens (primary N) is 1. The lowest BCUT2D eigenvalue weighted by atomic mass is 10.0. The Morgan fingerprint density at radius 2 is 2.22 bits per heavy atom. The molecule has 4 rings (SSSR count). The number of anilines is 1. The van der Waals surface area contributed by atoms with Crippen LogP contribution >= 0.6 is 0 Å². The molecular weight excluding hydrogens is 351 g/mol. The molecule has 0 saturated heterocycles. The van der Waals surface area contributed by atoms with E-state index in [9.17, 15) is 9.18 Å². The Balaban J connectivity index is 1.77. The molecule has 0 bridgehead atoms. The molecule has 0 fully saturated rings. The van der Waals surface area contributed by atoms with Crippen molar-refractivity contribution < 1.29 is 13.9 Å². The average Bonchev–Trinajstić information content (AvgIpc) is 3.20. The number of aryl methyl sites for hydroxylation is 1. The second kappa shape index (κ2) is 6.82. The lowest BCUT2D eigenvalue weighted by Crippen LogP contribution is -2.19. The number of nitrogen functional groups attached to an aromatic ring is 1. The van der Waals surface area contributed by atoms with Gasteiger partial charge >= 0.3 is 6.08 Å². The number of nitrogens with one attached hydrogen (secondary N) is 1. The van der Waals surface area contributed by atoms with Crippen LogP contribution in [0, 0.1) is 13.0 Å². The highest BCUT2D eigenvalue weighted by Crippen LogP contribution is 2.30. The second-order valence-electron chi connectivity index (χ2n) is 6.46. The van der Waals surface area contributed by atoms with Crippen LogP contribution in [-0.2, 0) is 24.2 Å². The summed E-state index contributed by atoms with van der Waals surface area (Å²) in [7, 11) is 0. The summed E-state index contributed by atoms with van der Waals surface area (Å²) in [6, 6.07) is 4.16. The Morgan fingerprint density at radius 1 is 1.37 bits per heavy atom. The van der Waals surface area contributed by atoms with Crippen LogP contribution in [0.25, 0.3) is 11.2 Å². The monoisotopic (exact) mass is 370 g/mol. The van der Waals surface area contributed by atoms with Crippen LogP contribution in [0.1, 0.15) is 22.5 Å². The number of hydrogen-bond acceptors (Lipinski definition) is 6. The SMILES string of the molecule is Cc1cc2c(cc1Cc1nc3c(N)nc(F)nc3n1CCNC=O)OCC2. The number of amides is 1. The van der Waals surface area contributed by atoms with E-state index in [4.69, 9.17) is 10.5 Å². The van der Waals surface area contributed by atoms with Gasteiger partial charge in [-0.25, -0.2) is 4.98 Å². The van der Waals surface area contributed by atoms with E-state index in [1.807, 2.05) is 13.0 Å². The Kier molecular flexibility index (Phi) is 4.35. The summed E-state index contributed by atoms with van der Waals surface area (Å²) in [5.41, 5.74) is 9.90. The lowest BCUT2D eigenvalue weighted by molar-refractivity contribution is -0.109. The summed E-state index contributed by atoms with van der Waals surface area (Å²) < 4.78 is 21.1. The first kappa shape index (κ1) is 17.2. The third-order valence-corrected chi connectivity index (χ3v) is 4.73. The molecule has 2 aromatic heterocycles. The molecule has 0 saturated carbocycles. The average molecular weight is 370 g/mol. The van der Waals surface area contributed by atoms with E-state index in [1.54, 1.807) is 4.57 Å². The molecule has 3 heterocycles. The number of hydrogen-bond donors (Lipinski definition) is 2. The Labute approximate surface area is 154 Å². The number of ether oxygens (including phenoxy) is 1. The molecule has 27 heavy (non-hydrogen) atoms. The van der Waals surface area contributed by atoms with Gasteiger partial charge in [0.25, 0.3) is 0 Å². The molecule has 0 aliphatic carbocycles. The van der Waals surface area contributed by atoms with Gasteiger partial charge in [0.05, 0.1) is 6.61 Å². The highest BCUT2D eigenvalue weighted by molar-refractivity contribution is 5.82. The molecular formula is C18H19FN6O2. The first-order valence-electron chi connectivity index (χ1n) is 8.67. The predicted molar refractivity (Wildman–Crippen MR) is 96.9 cm³/mol. The van der Waals surface area contributed by atoms with Crippen molar-refractivity contribution in [1.82, 2.24) is 24.8 Å². The Morgan fingerprint density at radius 3 is 3.04 bits per heavy atom. The molecule has 1 aliphatic heterocycles. The van der Waals surface area contributed by atoms with Gasteiger partial charge in [-0.2, -0.15) is 14.4 Å². The van der Waals surface area contributed by atoms with E-state index in [2.05, 4.69) is 26.3 Å². The topological polar surface area (TPSA) is 108 Å². The molecule has 8 nitrogen and oxygen atoms in total. The smallest absolute Gasteiger partial charge is 0.312 e. The standard InChI is InChI=1S/C18H19FN6O2/c1-10-6-11-2-5-27-13(11)7-12(10)8-14-22-15-16(20)23-18(19)24-17(15)25(14)4-3-21-9-26/h6-7,9H,2-5,8H2,1H3,(H,21,26)(H2,20,23,24). The fourth-order valence-electron chi connectivity index (χ4n) is 3.40. The number of halogens is 1. The molecule has 0 radical (unpaired) electrons. The molecule has 1 aliphatic rings. The van der Waals surface area contributed by atoms with Crippen molar-refractivity contribution in [1.29, 1.82) is 0 Å². The minimum atomic E-state index is -0.904. The fourth-order valence-corrected chi connectivity index (χ4v) is 3.40. The van der Waals surface area contributed by atoms with Crippen molar-refractivity contribution in [3.63, 3.8) is 0 Å². The van der Waals surface area contributed by atoms with Crippen LogP contribution in [0.15, 0.2) is 12.1 Å². The van der Waals surface area contributed by atoms with E-state index < -0.39 is 6.08 Å². The highest BCUT2D eigenvalue weighted by atomic mass is 19.1. The second-order valence-corrected chi connectivity index (χ2v) is 6.46. The number of aromatic nitrogens is 4. The number of rotatable bonds is 6. The third kappa shape index (κ3) is 3.16. The van der Waals surface area contributed by atoms with E-state index >= 15 is 0 Å². The molecule has 0 spiro atoms. The van der Waals surface area contributed by atoms with E-state index in [0.717, 1.165) is 23.3 Å². The molecule has 9 heteroatoms. The minimum Gasteiger partial charge on any atom is -0.493 e. The summed E-state index contributed by atoms with van der Waals surface area (Å²) in [6.07, 6.45) is 1.13. The van der Waals surface area contributed by atoms with Crippen molar-refractivity contribution in [3.8, 4) is 5.75 Å². The predicted octanol–water partition coefficient (Wildman–Crippen LogP) is 1.13. The number of carbonyl (C=O) groups is 1. The summed E-state index contributed by atoms with van der Waals surface area (Å²) in [5, 5.41) is 2.60. The van der Waals surface area contributed by atoms with Gasteiger partial charge in [0, 0.05) is 25.9 Å². The summed E-state index contributed by atoms with van der Waals surface area (Å²) >= 11 is 0. The van der Waals surface area contributed by atoms with Gasteiger partial charge in [-0.05, 0) is 29.7 Å². The number of imidazole rings is 1. The first-order valence-corrected chi connectivity index (χ1v) is 8.67. The number of fused-ring (bicyclic) bond motifs is 2. The Bertz CT molecular complexity index is 1030. The van der Waals surface area contributed by atoms with Crippen molar-refractivity contribution in [2.75, 3.05) is 18.9 Å². The van der Waals surface area contributed by atoms with Crippen LogP contribution in [0.2, 0.25) is 0 Å². The molecule has 0 unspecified atom stereocenters. The molecule has 0 atom stereocenters. The Hall–Kier alpha value is -3.23. The molecule has 1 amide bonds. The normalized spacial score (nSPS) is 12.8. The molecule has 1 aromatic carbocycles. The van der Waals surface area contributed by atoms with E-state index in [0.29, 0.717) is 49.5 Å². The van der Waals surface area contributed by atoms with Gasteiger partial charge in [-0.1, -0.05) is 6.07 Å². The summed E-state index contributed by atoms with van der Waals surface area (Å²) in [5.74, 6) is 1.56. The molecule has 3 aromatic rings. The zero-order valence-electron chi connectivity index (χ0n) is 14.8. The molecule has 3 N–H and O–H groups in total. The zero-order valence-corrected chi connectivity index (χ0v) is 14.8. The maximum Gasteiger partial charge on any atom is 0.312 e. The van der Waals surface area contributed by atoms with Crippen molar-refractivity contribution in [3.05, 3.63) is 40.7 Å². The highest BCUT2D eigenvalue weighted by Gasteiger charge is 2.19. The quantitative estimate of drug-likeness (QED) is 0.383. The van der Waals surface area contributed by atoms with Gasteiger partial charge in [-0.15, -0.1) is 0 Å². The van der Waals surface area contributed by atoms with Gasteiger partial charge in [0.15, 0.2) is 17.0 Å². The minimum absolute atomic E-state index is 0.00476. The maximum absolute atomic E-state index is 13.7. The van der Waals surface area contributed by atoms with Crippen LogP contribution in [0.4, 0.5) is 10.2 Å². The molecule has 140 valence electrons. The van der Waals surface area contributed by atoms with Crippen LogP contribution in [-0.4, -0.2) is 39.1 Å². The number of benzene rings is 1. The van der Waals surface area contributed by atoms with Crippen LogP contribution in [0.5, 0.6) is 5.75 Å². The maximum atomic E-state index is 13.7. The lowest BCUT2D eigenvalue weighted by Gasteiger charge is -2.11. The van der Waals surface area contributed by atoms with Crippen LogP contribution < -0.4 is 15.8 Å². The van der Waals surface area contributed by atoms with Crippen LogP contribution in [0.3, 0.4) is 0 Å². The summed E-state index contributed by atoms with van der Waals surface area (Å²) in [4.78, 5) is 22.5. The van der Waals surface area contributed by atoms with Crippen molar-refractivity contribution in [2.24, 2.45) is 0 Å². The zero-order chi connectivity index (χ0) is 19.0. The van der Waals surface area contributed by atoms with Gasteiger partial charge in [0.2, 0.25) is 6.41 Å². The number of carbonyl (C=O) groups excluding carboxylic acids is 1. The first-order chi connectivity index (χ1) is 13.1. The van der Waals surface area contributed by atoms with Crippen molar-refractivity contribution >= 4 is 23.4 Å². The van der Waals surface area contributed by atoms with Gasteiger partial charge in [0.1, 0.15) is 11.6 Å². The third-order valence-electron chi connectivity index (χ3n) is 4.73. The van der Waals surface area contributed by atoms with Crippen molar-refractivity contribution in [2.45, 2.75) is 26.3 Å². The van der Waals surface area contributed by atoms with Gasteiger partial charge in [-0.3, -0.25) is 4.79 Å². The fraction of sp³-hybridized carbons (Fsp3) is 0.333. The summed E-state index contributed by atoms with van der Waals surface area (Å²) in [6.45, 7) is 3.49.